The number of halogens is 2. The molecule has 4 heteroatoms. The van der Waals surface area contributed by atoms with Gasteiger partial charge in [-0.05, 0) is 30.0 Å². The topological polar surface area (TPSA) is 20.3 Å². The summed E-state index contributed by atoms with van der Waals surface area (Å²) in [5.41, 5.74) is 1.07. The van der Waals surface area contributed by atoms with Crippen LogP contribution in [0, 0.1) is 5.92 Å². The Kier molecular flexibility index (Phi) is 4.84. The Labute approximate surface area is 125 Å². The van der Waals surface area contributed by atoms with Gasteiger partial charge in [-0.15, -0.1) is 0 Å². The van der Waals surface area contributed by atoms with Crippen LogP contribution in [0.5, 0.6) is 0 Å². The molecule has 1 amide bonds. The normalized spacial score (nSPS) is 24.1. The second kappa shape index (κ2) is 6.20. The molecule has 0 aromatic heterocycles. The number of rotatable bonds is 2. The first-order chi connectivity index (χ1) is 8.56. The van der Waals surface area contributed by atoms with Crippen molar-refractivity contribution in [1.29, 1.82) is 0 Å². The summed E-state index contributed by atoms with van der Waals surface area (Å²) in [4.78, 5) is 14.8. The van der Waals surface area contributed by atoms with E-state index in [9.17, 15) is 4.79 Å². The lowest BCUT2D eigenvalue weighted by atomic mass is 9.99. The third kappa shape index (κ3) is 3.58. The van der Waals surface area contributed by atoms with Crippen molar-refractivity contribution in [3.63, 3.8) is 0 Å². The van der Waals surface area contributed by atoms with Gasteiger partial charge in [-0.2, -0.15) is 0 Å². The predicted octanol–water partition coefficient (Wildman–Crippen LogP) is 3.62. The smallest absolute Gasteiger partial charge is 0.227 e. The SMILES string of the molecule is CC1CN(C(=O)Cc2cccc(Br)c2)CCC1Br. The van der Waals surface area contributed by atoms with Crippen LogP contribution >= 0.6 is 31.9 Å². The molecule has 0 N–H and O–H groups in total. The maximum atomic E-state index is 12.2. The summed E-state index contributed by atoms with van der Waals surface area (Å²) in [7, 11) is 0. The highest BCUT2D eigenvalue weighted by Crippen LogP contribution is 2.24. The Bertz CT molecular complexity index is 436. The van der Waals surface area contributed by atoms with Gasteiger partial charge in [-0.25, -0.2) is 0 Å². The molecule has 1 aromatic carbocycles. The fourth-order valence-electron chi connectivity index (χ4n) is 2.28. The molecule has 1 saturated heterocycles. The van der Waals surface area contributed by atoms with E-state index in [0.717, 1.165) is 29.5 Å². The molecule has 2 nitrogen and oxygen atoms in total. The lowest BCUT2D eigenvalue weighted by molar-refractivity contribution is -0.132. The van der Waals surface area contributed by atoms with E-state index in [-0.39, 0.29) is 5.91 Å². The zero-order valence-corrected chi connectivity index (χ0v) is 13.6. The van der Waals surface area contributed by atoms with Gasteiger partial charge in [0.1, 0.15) is 0 Å². The van der Waals surface area contributed by atoms with Crippen LogP contribution in [0.15, 0.2) is 28.7 Å². The molecule has 0 radical (unpaired) electrons. The first-order valence-electron chi connectivity index (χ1n) is 6.22. The van der Waals surface area contributed by atoms with E-state index in [1.807, 2.05) is 29.2 Å². The number of nitrogens with zero attached hydrogens (tertiary/aromatic N) is 1. The molecule has 1 aliphatic rings. The van der Waals surface area contributed by atoms with Crippen LogP contribution < -0.4 is 0 Å². The first kappa shape index (κ1) is 14.1. The van der Waals surface area contributed by atoms with E-state index >= 15 is 0 Å². The second-order valence-electron chi connectivity index (χ2n) is 4.93. The molecule has 1 aliphatic heterocycles. The quantitative estimate of drug-likeness (QED) is 0.724. The largest absolute Gasteiger partial charge is 0.342 e. The highest BCUT2D eigenvalue weighted by molar-refractivity contribution is 9.10. The van der Waals surface area contributed by atoms with Crippen LogP contribution in [0.25, 0.3) is 0 Å². The van der Waals surface area contributed by atoms with Crippen LogP contribution in [-0.4, -0.2) is 28.7 Å². The monoisotopic (exact) mass is 373 g/mol. The number of likely N-dealkylation sites (tertiary alicyclic amines) is 1. The average molecular weight is 375 g/mol. The summed E-state index contributed by atoms with van der Waals surface area (Å²) < 4.78 is 1.03. The Balaban J connectivity index is 1.96. The maximum absolute atomic E-state index is 12.2. The minimum atomic E-state index is 0.236. The fourth-order valence-corrected chi connectivity index (χ4v) is 3.10. The Morgan fingerprint density at radius 3 is 2.94 bits per heavy atom. The van der Waals surface area contributed by atoms with Gasteiger partial charge in [0.25, 0.3) is 0 Å². The predicted molar refractivity (Wildman–Crippen MR) is 80.9 cm³/mol. The van der Waals surface area contributed by atoms with Crippen molar-refractivity contribution in [1.82, 2.24) is 4.90 Å². The number of amides is 1. The molecule has 1 heterocycles. The first-order valence-corrected chi connectivity index (χ1v) is 7.93. The highest BCUT2D eigenvalue weighted by Gasteiger charge is 2.26. The summed E-state index contributed by atoms with van der Waals surface area (Å²) in [5.74, 6) is 0.768. The average Bonchev–Trinajstić information content (AvgIpc) is 2.32. The molecule has 0 saturated carbocycles. The molecule has 2 atom stereocenters. The van der Waals surface area contributed by atoms with Gasteiger partial charge < -0.3 is 4.90 Å². The molecule has 0 aliphatic carbocycles. The van der Waals surface area contributed by atoms with Crippen molar-refractivity contribution in [2.24, 2.45) is 5.92 Å². The van der Waals surface area contributed by atoms with Crippen LogP contribution in [0.1, 0.15) is 18.9 Å². The van der Waals surface area contributed by atoms with Crippen molar-refractivity contribution in [3.8, 4) is 0 Å². The number of piperidine rings is 1. The zero-order chi connectivity index (χ0) is 13.1. The molecule has 2 unspecified atom stereocenters. The molecule has 1 aromatic rings. The molecular formula is C14H17Br2NO. The Morgan fingerprint density at radius 1 is 1.50 bits per heavy atom. The molecular weight excluding hydrogens is 358 g/mol. The fraction of sp³-hybridized carbons (Fsp3) is 0.500. The van der Waals surface area contributed by atoms with E-state index in [1.54, 1.807) is 0 Å². The number of carbonyl (C=O) groups is 1. The number of hydrogen-bond donors (Lipinski definition) is 0. The molecule has 2 rings (SSSR count). The molecule has 0 spiro atoms. The number of hydrogen-bond acceptors (Lipinski definition) is 1. The van der Waals surface area contributed by atoms with E-state index in [4.69, 9.17) is 0 Å². The molecule has 18 heavy (non-hydrogen) atoms. The Morgan fingerprint density at radius 2 is 2.28 bits per heavy atom. The minimum absolute atomic E-state index is 0.236. The highest BCUT2D eigenvalue weighted by atomic mass is 79.9. The second-order valence-corrected chi connectivity index (χ2v) is 7.02. The summed E-state index contributed by atoms with van der Waals surface area (Å²) in [6.45, 7) is 3.92. The molecule has 1 fully saturated rings. The van der Waals surface area contributed by atoms with Crippen molar-refractivity contribution >= 4 is 37.8 Å². The van der Waals surface area contributed by atoms with Crippen molar-refractivity contribution in [3.05, 3.63) is 34.3 Å². The third-order valence-electron chi connectivity index (χ3n) is 3.40. The lowest BCUT2D eigenvalue weighted by Gasteiger charge is -2.34. The van der Waals surface area contributed by atoms with Crippen molar-refractivity contribution in [2.75, 3.05) is 13.1 Å². The number of carbonyl (C=O) groups excluding carboxylic acids is 1. The lowest BCUT2D eigenvalue weighted by Crippen LogP contribution is -2.43. The van der Waals surface area contributed by atoms with Crippen LogP contribution in [0.4, 0.5) is 0 Å². The van der Waals surface area contributed by atoms with Gasteiger partial charge in [-0.3, -0.25) is 4.79 Å². The van der Waals surface area contributed by atoms with E-state index in [1.165, 1.54) is 0 Å². The minimum Gasteiger partial charge on any atom is -0.342 e. The summed E-state index contributed by atoms with van der Waals surface area (Å²) in [5, 5.41) is 0. The third-order valence-corrected chi connectivity index (χ3v) is 5.25. The van der Waals surface area contributed by atoms with Gasteiger partial charge in [-0.1, -0.05) is 50.9 Å². The van der Waals surface area contributed by atoms with Gasteiger partial charge in [0.05, 0.1) is 6.42 Å². The van der Waals surface area contributed by atoms with E-state index in [2.05, 4.69) is 38.8 Å². The summed E-state index contributed by atoms with van der Waals surface area (Å²) >= 11 is 7.10. The van der Waals surface area contributed by atoms with Gasteiger partial charge in [0.15, 0.2) is 0 Å². The van der Waals surface area contributed by atoms with Crippen LogP contribution in [0.2, 0.25) is 0 Å². The number of alkyl halides is 1. The number of benzene rings is 1. The van der Waals surface area contributed by atoms with Gasteiger partial charge in [0, 0.05) is 22.4 Å². The standard InChI is InChI=1S/C14H17Br2NO/c1-10-9-17(6-5-13(10)16)14(18)8-11-3-2-4-12(15)7-11/h2-4,7,10,13H,5-6,8-9H2,1H3. The zero-order valence-electron chi connectivity index (χ0n) is 10.4. The maximum Gasteiger partial charge on any atom is 0.227 e. The van der Waals surface area contributed by atoms with Crippen LogP contribution in [0.3, 0.4) is 0 Å². The van der Waals surface area contributed by atoms with Crippen molar-refractivity contribution in [2.45, 2.75) is 24.6 Å². The summed E-state index contributed by atoms with van der Waals surface area (Å²) in [6.07, 6.45) is 1.55. The summed E-state index contributed by atoms with van der Waals surface area (Å²) in [6, 6.07) is 7.97. The van der Waals surface area contributed by atoms with Gasteiger partial charge >= 0.3 is 0 Å². The Hall–Kier alpha value is -0.350. The van der Waals surface area contributed by atoms with E-state index < -0.39 is 0 Å². The van der Waals surface area contributed by atoms with Crippen molar-refractivity contribution < 1.29 is 4.79 Å². The van der Waals surface area contributed by atoms with Gasteiger partial charge in [0.2, 0.25) is 5.91 Å². The molecule has 98 valence electrons. The van der Waals surface area contributed by atoms with Crippen LogP contribution in [-0.2, 0) is 11.2 Å². The van der Waals surface area contributed by atoms with E-state index in [0.29, 0.717) is 17.2 Å². The molecule has 0 bridgehead atoms.